The summed E-state index contributed by atoms with van der Waals surface area (Å²) in [5.41, 5.74) is 4.63. The molecule has 0 aliphatic rings. The Balaban J connectivity index is 0.00000243. The summed E-state index contributed by atoms with van der Waals surface area (Å²) in [6.07, 6.45) is 7.34. The van der Waals surface area contributed by atoms with E-state index in [1.54, 1.807) is 6.20 Å². The molecule has 2 aromatic heterocycles. The molecule has 0 amide bonds. The number of fused-ring (bicyclic) bond motifs is 1. The lowest BCUT2D eigenvalue weighted by atomic mass is 10.00. The third kappa shape index (κ3) is 4.37. The van der Waals surface area contributed by atoms with E-state index in [0.717, 1.165) is 46.4 Å². The van der Waals surface area contributed by atoms with E-state index in [2.05, 4.69) is 22.7 Å². The number of rotatable bonds is 7. The second kappa shape index (κ2) is 9.06. The van der Waals surface area contributed by atoms with Gasteiger partial charge in [0.05, 0.1) is 5.69 Å². The summed E-state index contributed by atoms with van der Waals surface area (Å²) in [4.78, 5) is 14.9. The van der Waals surface area contributed by atoms with Crippen LogP contribution in [0.4, 0.5) is 0 Å². The maximum atomic E-state index is 10.7. The second-order valence-corrected chi connectivity index (χ2v) is 6.68. The van der Waals surface area contributed by atoms with Gasteiger partial charge < -0.3 is 9.67 Å². The van der Waals surface area contributed by atoms with Crippen molar-refractivity contribution in [2.45, 2.75) is 32.1 Å². The van der Waals surface area contributed by atoms with Crippen LogP contribution >= 0.6 is 24.0 Å². The molecule has 0 atom stereocenters. The van der Waals surface area contributed by atoms with E-state index < -0.39 is 5.97 Å². The Labute approximate surface area is 164 Å². The summed E-state index contributed by atoms with van der Waals surface area (Å²) in [5, 5.41) is 10.7. The lowest BCUT2D eigenvalue weighted by molar-refractivity contribution is -0.137. The Bertz CT molecular complexity index is 892. The van der Waals surface area contributed by atoms with Gasteiger partial charge in [0.2, 0.25) is 0 Å². The van der Waals surface area contributed by atoms with Gasteiger partial charge in [-0.15, -0.1) is 12.4 Å². The van der Waals surface area contributed by atoms with E-state index in [1.807, 2.05) is 30.5 Å². The Kier molecular flexibility index (Phi) is 7.06. The molecule has 0 fully saturated rings. The minimum Gasteiger partial charge on any atom is -0.481 e. The number of carbonyl (C=O) groups is 1. The monoisotopic (exact) mass is 392 g/mol. The first-order chi connectivity index (χ1) is 12.1. The van der Waals surface area contributed by atoms with Gasteiger partial charge in [0, 0.05) is 47.4 Å². The molecular weight excluding hydrogens is 371 g/mol. The van der Waals surface area contributed by atoms with Crippen molar-refractivity contribution in [3.8, 4) is 11.3 Å². The number of unbranched alkanes of at least 4 members (excludes halogenated alkanes) is 2. The first-order valence-corrected chi connectivity index (χ1v) is 8.84. The van der Waals surface area contributed by atoms with Crippen LogP contribution in [0.25, 0.3) is 22.2 Å². The summed E-state index contributed by atoms with van der Waals surface area (Å²) in [7, 11) is 2.06. The molecule has 0 saturated heterocycles. The van der Waals surface area contributed by atoms with Crippen LogP contribution in [0.5, 0.6) is 0 Å². The average molecular weight is 393 g/mol. The maximum Gasteiger partial charge on any atom is 0.303 e. The van der Waals surface area contributed by atoms with Crippen molar-refractivity contribution in [1.29, 1.82) is 0 Å². The topological polar surface area (TPSA) is 55.1 Å². The highest BCUT2D eigenvalue weighted by Gasteiger charge is 2.17. The third-order valence-corrected chi connectivity index (χ3v) is 4.75. The average Bonchev–Trinajstić information content (AvgIpc) is 2.86. The van der Waals surface area contributed by atoms with Crippen LogP contribution in [0.1, 0.15) is 31.2 Å². The number of carboxylic acids is 1. The zero-order valence-electron chi connectivity index (χ0n) is 14.6. The SMILES string of the molecule is Cl.Cn1c(-c2cccnc2)c(CCCCCC(=O)O)c2cc(Cl)ccc21. The summed E-state index contributed by atoms with van der Waals surface area (Å²) in [6, 6.07) is 9.98. The standard InChI is InChI=1S/C20H21ClN2O2.ClH/c1-23-18-10-9-15(21)12-17(18)16(7-3-2-4-8-19(24)25)20(23)14-6-5-11-22-13-14;/h5-6,9-13H,2-4,7-8H2,1H3,(H,24,25);1H. The van der Waals surface area contributed by atoms with Crippen LogP contribution < -0.4 is 0 Å². The van der Waals surface area contributed by atoms with E-state index >= 15 is 0 Å². The van der Waals surface area contributed by atoms with Gasteiger partial charge >= 0.3 is 5.97 Å². The molecule has 138 valence electrons. The summed E-state index contributed by atoms with van der Waals surface area (Å²) < 4.78 is 2.19. The quantitative estimate of drug-likeness (QED) is 0.539. The largest absolute Gasteiger partial charge is 0.481 e. The molecule has 0 aliphatic carbocycles. The van der Waals surface area contributed by atoms with Crippen molar-refractivity contribution in [3.05, 3.63) is 53.3 Å². The normalized spacial score (nSPS) is 10.7. The number of hydrogen-bond donors (Lipinski definition) is 1. The number of pyridine rings is 1. The Morgan fingerprint density at radius 1 is 1.23 bits per heavy atom. The maximum absolute atomic E-state index is 10.7. The van der Waals surface area contributed by atoms with E-state index in [-0.39, 0.29) is 18.8 Å². The lowest BCUT2D eigenvalue weighted by Gasteiger charge is -2.08. The molecule has 0 saturated carbocycles. The first-order valence-electron chi connectivity index (χ1n) is 8.47. The smallest absolute Gasteiger partial charge is 0.303 e. The number of aromatic nitrogens is 2. The molecule has 4 nitrogen and oxygen atoms in total. The van der Waals surface area contributed by atoms with E-state index in [4.69, 9.17) is 16.7 Å². The van der Waals surface area contributed by atoms with Crippen LogP contribution in [0, 0.1) is 0 Å². The number of benzene rings is 1. The molecule has 0 aliphatic heterocycles. The van der Waals surface area contributed by atoms with Crippen LogP contribution in [-0.4, -0.2) is 20.6 Å². The zero-order valence-corrected chi connectivity index (χ0v) is 16.2. The van der Waals surface area contributed by atoms with Crippen molar-refractivity contribution >= 4 is 40.9 Å². The van der Waals surface area contributed by atoms with Gasteiger partial charge in [-0.25, -0.2) is 0 Å². The minimum absolute atomic E-state index is 0. The lowest BCUT2D eigenvalue weighted by Crippen LogP contribution is -1.96. The summed E-state index contributed by atoms with van der Waals surface area (Å²) in [6.45, 7) is 0. The minimum atomic E-state index is -0.729. The number of carboxylic acid groups (broad SMARTS) is 1. The Hall–Kier alpha value is -2.04. The molecule has 3 aromatic rings. The zero-order chi connectivity index (χ0) is 17.8. The van der Waals surface area contributed by atoms with Gasteiger partial charge in [-0.2, -0.15) is 0 Å². The predicted molar refractivity (Wildman–Crippen MR) is 108 cm³/mol. The van der Waals surface area contributed by atoms with Gasteiger partial charge in [0.25, 0.3) is 0 Å². The molecule has 2 heterocycles. The van der Waals surface area contributed by atoms with Gasteiger partial charge in [-0.1, -0.05) is 18.0 Å². The van der Waals surface area contributed by atoms with Crippen LogP contribution in [0.2, 0.25) is 5.02 Å². The summed E-state index contributed by atoms with van der Waals surface area (Å²) >= 11 is 6.23. The van der Waals surface area contributed by atoms with E-state index in [9.17, 15) is 4.79 Å². The number of aliphatic carboxylic acids is 1. The van der Waals surface area contributed by atoms with Crippen molar-refractivity contribution in [2.75, 3.05) is 0 Å². The van der Waals surface area contributed by atoms with Crippen molar-refractivity contribution in [1.82, 2.24) is 9.55 Å². The molecule has 0 spiro atoms. The molecule has 0 radical (unpaired) electrons. The fraction of sp³-hybridized carbons (Fsp3) is 0.300. The first kappa shape index (κ1) is 20.3. The number of hydrogen-bond acceptors (Lipinski definition) is 2. The van der Waals surface area contributed by atoms with Gasteiger partial charge in [0.15, 0.2) is 0 Å². The van der Waals surface area contributed by atoms with Gasteiger partial charge in [0.1, 0.15) is 0 Å². The van der Waals surface area contributed by atoms with E-state index in [0.29, 0.717) is 6.42 Å². The molecule has 1 N–H and O–H groups in total. The molecule has 6 heteroatoms. The molecule has 26 heavy (non-hydrogen) atoms. The Morgan fingerprint density at radius 2 is 2.04 bits per heavy atom. The molecule has 0 bridgehead atoms. The van der Waals surface area contributed by atoms with Crippen LogP contribution in [0.3, 0.4) is 0 Å². The molecular formula is C20H22Cl2N2O2. The van der Waals surface area contributed by atoms with Crippen molar-refractivity contribution < 1.29 is 9.90 Å². The number of aryl methyl sites for hydroxylation is 2. The molecule has 1 aromatic carbocycles. The third-order valence-electron chi connectivity index (χ3n) is 4.52. The molecule has 0 unspecified atom stereocenters. The van der Waals surface area contributed by atoms with Crippen LogP contribution in [-0.2, 0) is 18.3 Å². The van der Waals surface area contributed by atoms with Gasteiger partial charge in [-0.05, 0) is 55.2 Å². The van der Waals surface area contributed by atoms with Crippen molar-refractivity contribution in [2.24, 2.45) is 7.05 Å². The highest BCUT2D eigenvalue weighted by molar-refractivity contribution is 6.31. The fourth-order valence-corrected chi connectivity index (χ4v) is 3.54. The highest BCUT2D eigenvalue weighted by Crippen LogP contribution is 2.35. The number of nitrogens with zero attached hydrogens (tertiary/aromatic N) is 2. The fourth-order valence-electron chi connectivity index (χ4n) is 3.37. The summed E-state index contributed by atoms with van der Waals surface area (Å²) in [5.74, 6) is -0.729. The predicted octanol–water partition coefficient (Wildman–Crippen LogP) is 5.50. The van der Waals surface area contributed by atoms with Crippen molar-refractivity contribution in [3.63, 3.8) is 0 Å². The second-order valence-electron chi connectivity index (χ2n) is 6.24. The van der Waals surface area contributed by atoms with E-state index in [1.165, 1.54) is 5.56 Å². The number of halogens is 2. The van der Waals surface area contributed by atoms with Crippen LogP contribution in [0.15, 0.2) is 42.7 Å². The van der Waals surface area contributed by atoms with Gasteiger partial charge in [-0.3, -0.25) is 9.78 Å². The highest BCUT2D eigenvalue weighted by atomic mass is 35.5. The molecule has 3 rings (SSSR count). The Morgan fingerprint density at radius 3 is 2.73 bits per heavy atom.